The van der Waals surface area contributed by atoms with Gasteiger partial charge in [0.15, 0.2) is 0 Å². The SMILES string of the molecule is Cc1cccc(S(=O)(=O)N2CCNC[C@@H]2C)c1.Cl. The van der Waals surface area contributed by atoms with Crippen LogP contribution in [0, 0.1) is 6.92 Å². The smallest absolute Gasteiger partial charge is 0.243 e. The van der Waals surface area contributed by atoms with E-state index in [9.17, 15) is 8.42 Å². The molecule has 0 bridgehead atoms. The number of benzene rings is 1. The van der Waals surface area contributed by atoms with Gasteiger partial charge in [-0.15, -0.1) is 12.4 Å². The number of nitrogens with one attached hydrogen (secondary N) is 1. The van der Waals surface area contributed by atoms with Crippen LogP contribution in [-0.4, -0.2) is 38.4 Å². The van der Waals surface area contributed by atoms with Crippen molar-refractivity contribution in [3.05, 3.63) is 29.8 Å². The van der Waals surface area contributed by atoms with E-state index in [4.69, 9.17) is 0 Å². The van der Waals surface area contributed by atoms with Crippen LogP contribution in [0.1, 0.15) is 12.5 Å². The van der Waals surface area contributed by atoms with Gasteiger partial charge in [0, 0.05) is 25.7 Å². The van der Waals surface area contributed by atoms with Gasteiger partial charge < -0.3 is 5.32 Å². The zero-order chi connectivity index (χ0) is 12.5. The van der Waals surface area contributed by atoms with Crippen molar-refractivity contribution in [1.29, 1.82) is 0 Å². The Kier molecular flexibility index (Phi) is 5.16. The Bertz CT molecular complexity index is 505. The second-order valence-corrected chi connectivity index (χ2v) is 6.38. The molecule has 2 rings (SSSR count). The van der Waals surface area contributed by atoms with Crippen LogP contribution >= 0.6 is 12.4 Å². The maximum Gasteiger partial charge on any atom is 0.243 e. The van der Waals surface area contributed by atoms with Crippen molar-refractivity contribution in [2.75, 3.05) is 19.6 Å². The van der Waals surface area contributed by atoms with Crippen molar-refractivity contribution in [3.63, 3.8) is 0 Å². The van der Waals surface area contributed by atoms with Gasteiger partial charge in [-0.05, 0) is 31.5 Å². The fraction of sp³-hybridized carbons (Fsp3) is 0.500. The van der Waals surface area contributed by atoms with Crippen molar-refractivity contribution in [2.45, 2.75) is 24.8 Å². The molecule has 4 nitrogen and oxygen atoms in total. The predicted octanol–water partition coefficient (Wildman–Crippen LogP) is 1.40. The van der Waals surface area contributed by atoms with E-state index in [0.29, 0.717) is 18.0 Å². The molecule has 1 aliphatic heterocycles. The summed E-state index contributed by atoms with van der Waals surface area (Å²) in [6.45, 7) is 5.80. The first-order valence-electron chi connectivity index (χ1n) is 5.81. The fourth-order valence-corrected chi connectivity index (χ4v) is 3.83. The minimum atomic E-state index is -3.34. The van der Waals surface area contributed by atoms with Crippen LogP contribution in [0.5, 0.6) is 0 Å². The van der Waals surface area contributed by atoms with E-state index >= 15 is 0 Å². The minimum absolute atomic E-state index is 0. The molecular weight excluding hydrogens is 272 g/mol. The van der Waals surface area contributed by atoms with Gasteiger partial charge in [0.2, 0.25) is 10.0 Å². The molecule has 1 fully saturated rings. The normalized spacial score (nSPS) is 21.3. The molecule has 1 heterocycles. The average Bonchev–Trinajstić information content (AvgIpc) is 2.29. The molecule has 0 saturated carbocycles. The second-order valence-electron chi connectivity index (χ2n) is 4.49. The summed E-state index contributed by atoms with van der Waals surface area (Å²) < 4.78 is 26.5. The topological polar surface area (TPSA) is 49.4 Å². The number of hydrogen-bond donors (Lipinski definition) is 1. The largest absolute Gasteiger partial charge is 0.314 e. The second kappa shape index (κ2) is 6.02. The summed E-state index contributed by atoms with van der Waals surface area (Å²) in [7, 11) is -3.34. The Balaban J connectivity index is 0.00000162. The molecule has 0 radical (unpaired) electrons. The monoisotopic (exact) mass is 290 g/mol. The molecule has 6 heteroatoms. The number of hydrogen-bond acceptors (Lipinski definition) is 3. The van der Waals surface area contributed by atoms with Gasteiger partial charge in [0.25, 0.3) is 0 Å². The van der Waals surface area contributed by atoms with Crippen LogP contribution in [-0.2, 0) is 10.0 Å². The highest BCUT2D eigenvalue weighted by Gasteiger charge is 2.30. The lowest BCUT2D eigenvalue weighted by Crippen LogP contribution is -2.52. The lowest BCUT2D eigenvalue weighted by atomic mass is 10.2. The molecule has 18 heavy (non-hydrogen) atoms. The number of rotatable bonds is 2. The lowest BCUT2D eigenvalue weighted by Gasteiger charge is -2.32. The summed E-state index contributed by atoms with van der Waals surface area (Å²) in [4.78, 5) is 0.395. The Hall–Kier alpha value is -0.620. The van der Waals surface area contributed by atoms with E-state index in [1.165, 1.54) is 0 Å². The summed E-state index contributed by atoms with van der Waals surface area (Å²) in [5.41, 5.74) is 0.967. The molecule has 1 aliphatic rings. The third kappa shape index (κ3) is 3.03. The molecule has 0 unspecified atom stereocenters. The van der Waals surface area contributed by atoms with Crippen molar-refractivity contribution in [3.8, 4) is 0 Å². The standard InChI is InChI=1S/C12H18N2O2S.ClH/c1-10-4-3-5-12(8-10)17(15,16)14-7-6-13-9-11(14)2;/h3-5,8,11,13H,6-7,9H2,1-2H3;1H/t11-;/m0./s1. The minimum Gasteiger partial charge on any atom is -0.314 e. The van der Waals surface area contributed by atoms with Crippen LogP contribution in [0.2, 0.25) is 0 Å². The molecule has 1 N–H and O–H groups in total. The van der Waals surface area contributed by atoms with Gasteiger partial charge in [0.1, 0.15) is 0 Å². The molecule has 0 aliphatic carbocycles. The number of halogens is 1. The predicted molar refractivity (Wildman–Crippen MR) is 74.7 cm³/mol. The highest BCUT2D eigenvalue weighted by molar-refractivity contribution is 7.89. The van der Waals surface area contributed by atoms with Crippen LogP contribution in [0.4, 0.5) is 0 Å². The van der Waals surface area contributed by atoms with E-state index in [-0.39, 0.29) is 18.4 Å². The zero-order valence-electron chi connectivity index (χ0n) is 10.6. The fourth-order valence-electron chi connectivity index (χ4n) is 2.09. The first kappa shape index (κ1) is 15.4. The molecule has 0 spiro atoms. The number of nitrogens with zero attached hydrogens (tertiary/aromatic N) is 1. The summed E-state index contributed by atoms with van der Waals surface area (Å²) in [5, 5.41) is 3.19. The van der Waals surface area contributed by atoms with Crippen LogP contribution in [0.15, 0.2) is 29.2 Å². The van der Waals surface area contributed by atoms with E-state index in [0.717, 1.165) is 12.1 Å². The van der Waals surface area contributed by atoms with E-state index in [1.54, 1.807) is 22.5 Å². The molecule has 1 aromatic carbocycles. The van der Waals surface area contributed by atoms with Crippen LogP contribution in [0.25, 0.3) is 0 Å². The third-order valence-corrected chi connectivity index (χ3v) is 5.05. The Morgan fingerprint density at radius 3 is 2.72 bits per heavy atom. The van der Waals surface area contributed by atoms with Gasteiger partial charge in [0.05, 0.1) is 4.90 Å². The van der Waals surface area contributed by atoms with Gasteiger partial charge >= 0.3 is 0 Å². The van der Waals surface area contributed by atoms with Crippen molar-refractivity contribution in [1.82, 2.24) is 9.62 Å². The molecule has 1 atom stereocenters. The van der Waals surface area contributed by atoms with Gasteiger partial charge in [-0.1, -0.05) is 12.1 Å². The Morgan fingerprint density at radius 2 is 2.11 bits per heavy atom. The third-order valence-electron chi connectivity index (χ3n) is 3.04. The number of aryl methyl sites for hydroxylation is 1. The van der Waals surface area contributed by atoms with Gasteiger partial charge in [-0.3, -0.25) is 0 Å². The maximum atomic E-state index is 12.4. The summed E-state index contributed by atoms with van der Waals surface area (Å²) in [6.07, 6.45) is 0. The average molecular weight is 291 g/mol. The van der Waals surface area contributed by atoms with Crippen molar-refractivity contribution < 1.29 is 8.42 Å². The zero-order valence-corrected chi connectivity index (χ0v) is 12.2. The van der Waals surface area contributed by atoms with Gasteiger partial charge in [-0.2, -0.15) is 4.31 Å². The van der Waals surface area contributed by atoms with Crippen molar-refractivity contribution >= 4 is 22.4 Å². The van der Waals surface area contributed by atoms with Gasteiger partial charge in [-0.25, -0.2) is 8.42 Å². The summed E-state index contributed by atoms with van der Waals surface area (Å²) in [5.74, 6) is 0. The molecule has 0 amide bonds. The van der Waals surface area contributed by atoms with Crippen molar-refractivity contribution in [2.24, 2.45) is 0 Å². The lowest BCUT2D eigenvalue weighted by molar-refractivity contribution is 0.284. The Morgan fingerprint density at radius 1 is 1.39 bits per heavy atom. The molecular formula is C12H19ClN2O2S. The molecule has 1 aromatic rings. The van der Waals surface area contributed by atoms with E-state index in [2.05, 4.69) is 5.32 Å². The van der Waals surface area contributed by atoms with Crippen LogP contribution in [0.3, 0.4) is 0 Å². The van der Waals surface area contributed by atoms with E-state index in [1.807, 2.05) is 19.9 Å². The Labute approximate surface area is 115 Å². The van der Waals surface area contributed by atoms with Crippen LogP contribution < -0.4 is 5.32 Å². The highest BCUT2D eigenvalue weighted by atomic mass is 35.5. The highest BCUT2D eigenvalue weighted by Crippen LogP contribution is 2.19. The summed E-state index contributed by atoms with van der Waals surface area (Å²) in [6, 6.07) is 7.09. The quantitative estimate of drug-likeness (QED) is 0.896. The first-order valence-corrected chi connectivity index (χ1v) is 7.25. The first-order chi connectivity index (χ1) is 8.01. The number of sulfonamides is 1. The molecule has 1 saturated heterocycles. The van der Waals surface area contributed by atoms with E-state index < -0.39 is 10.0 Å². The summed E-state index contributed by atoms with van der Waals surface area (Å²) >= 11 is 0. The number of piperazine rings is 1. The molecule has 102 valence electrons. The molecule has 0 aromatic heterocycles. The maximum absolute atomic E-state index is 12.4.